The van der Waals surface area contributed by atoms with Gasteiger partial charge in [0.25, 0.3) is 0 Å². The number of unbranched alkanes of at least 4 members (excludes halogenated alkanes) is 1. The van der Waals surface area contributed by atoms with Crippen molar-refractivity contribution >= 4 is 11.8 Å². The van der Waals surface area contributed by atoms with E-state index < -0.39 is 0 Å². The van der Waals surface area contributed by atoms with Crippen LogP contribution in [0.4, 0.5) is 11.8 Å². The normalized spacial score (nSPS) is 15.6. The summed E-state index contributed by atoms with van der Waals surface area (Å²) in [5, 5.41) is 0. The van der Waals surface area contributed by atoms with Crippen molar-refractivity contribution < 1.29 is 0 Å². The predicted molar refractivity (Wildman–Crippen MR) is 81.0 cm³/mol. The molecule has 1 aromatic rings. The maximum absolute atomic E-state index is 4.75. The van der Waals surface area contributed by atoms with Gasteiger partial charge in [-0.05, 0) is 32.6 Å². The number of nitrogens with zero attached hydrogens (tertiary/aromatic N) is 4. The van der Waals surface area contributed by atoms with Gasteiger partial charge in [0.1, 0.15) is 5.82 Å². The van der Waals surface area contributed by atoms with Crippen LogP contribution < -0.4 is 9.80 Å². The molecule has 1 fully saturated rings. The Kier molecular flexibility index (Phi) is 5.00. The van der Waals surface area contributed by atoms with Gasteiger partial charge in [-0.25, -0.2) is 4.98 Å². The first-order valence-electron chi connectivity index (χ1n) is 7.52. The molecule has 0 amide bonds. The van der Waals surface area contributed by atoms with Gasteiger partial charge in [-0.2, -0.15) is 4.98 Å². The summed E-state index contributed by atoms with van der Waals surface area (Å²) in [7, 11) is 2.12. The summed E-state index contributed by atoms with van der Waals surface area (Å²) in [4.78, 5) is 13.9. The van der Waals surface area contributed by atoms with Crippen LogP contribution in [0.1, 0.15) is 44.7 Å². The van der Waals surface area contributed by atoms with E-state index in [0.29, 0.717) is 0 Å². The third-order valence-corrected chi connectivity index (χ3v) is 3.71. The van der Waals surface area contributed by atoms with Crippen molar-refractivity contribution in [1.82, 2.24) is 9.97 Å². The van der Waals surface area contributed by atoms with Crippen molar-refractivity contribution in [3.63, 3.8) is 0 Å². The van der Waals surface area contributed by atoms with Crippen LogP contribution in [0.2, 0.25) is 0 Å². The Hall–Kier alpha value is -1.32. The van der Waals surface area contributed by atoms with Gasteiger partial charge in [0.2, 0.25) is 5.95 Å². The number of piperidine rings is 1. The van der Waals surface area contributed by atoms with Crippen molar-refractivity contribution in [2.45, 2.75) is 46.0 Å². The van der Waals surface area contributed by atoms with Crippen molar-refractivity contribution in [2.24, 2.45) is 0 Å². The van der Waals surface area contributed by atoms with Crippen LogP contribution in [-0.2, 0) is 0 Å². The largest absolute Gasteiger partial charge is 0.360 e. The van der Waals surface area contributed by atoms with Crippen LogP contribution in [0.3, 0.4) is 0 Å². The molecule has 0 aliphatic carbocycles. The van der Waals surface area contributed by atoms with E-state index in [1.807, 2.05) is 0 Å². The molecule has 0 bridgehead atoms. The highest BCUT2D eigenvalue weighted by Gasteiger charge is 2.15. The van der Waals surface area contributed by atoms with Crippen molar-refractivity contribution in [3.05, 3.63) is 11.8 Å². The van der Waals surface area contributed by atoms with Gasteiger partial charge in [0, 0.05) is 38.4 Å². The lowest BCUT2D eigenvalue weighted by molar-refractivity contribution is 0.567. The topological polar surface area (TPSA) is 32.3 Å². The van der Waals surface area contributed by atoms with Crippen molar-refractivity contribution in [1.29, 1.82) is 0 Å². The minimum Gasteiger partial charge on any atom is -0.360 e. The maximum atomic E-state index is 4.75. The number of rotatable bonds is 5. The second-order valence-corrected chi connectivity index (χ2v) is 5.49. The van der Waals surface area contributed by atoms with E-state index in [2.05, 4.69) is 41.7 Å². The van der Waals surface area contributed by atoms with Crippen LogP contribution in [0.15, 0.2) is 6.07 Å². The molecule has 0 atom stereocenters. The third kappa shape index (κ3) is 3.82. The van der Waals surface area contributed by atoms with E-state index in [4.69, 9.17) is 4.98 Å². The van der Waals surface area contributed by atoms with Gasteiger partial charge in [-0.3, -0.25) is 0 Å². The molecular weight excluding hydrogens is 236 g/mol. The Labute approximate surface area is 116 Å². The van der Waals surface area contributed by atoms with E-state index in [1.165, 1.54) is 32.1 Å². The lowest BCUT2D eigenvalue weighted by atomic mass is 10.1. The van der Waals surface area contributed by atoms with Gasteiger partial charge in [0.15, 0.2) is 0 Å². The molecular formula is C15H26N4. The fraction of sp³-hybridized carbons (Fsp3) is 0.733. The predicted octanol–water partition coefficient (Wildman–Crippen LogP) is 3.01. The van der Waals surface area contributed by atoms with Gasteiger partial charge >= 0.3 is 0 Å². The zero-order chi connectivity index (χ0) is 13.7. The molecule has 0 radical (unpaired) electrons. The van der Waals surface area contributed by atoms with E-state index in [0.717, 1.165) is 37.1 Å². The zero-order valence-corrected chi connectivity index (χ0v) is 12.5. The highest BCUT2D eigenvalue weighted by Crippen LogP contribution is 2.20. The van der Waals surface area contributed by atoms with Gasteiger partial charge < -0.3 is 9.80 Å². The minimum absolute atomic E-state index is 0.915. The van der Waals surface area contributed by atoms with Crippen molar-refractivity contribution in [2.75, 3.05) is 36.5 Å². The van der Waals surface area contributed by atoms with Crippen molar-refractivity contribution in [3.8, 4) is 0 Å². The van der Waals surface area contributed by atoms with Crippen LogP contribution in [-0.4, -0.2) is 36.6 Å². The summed E-state index contributed by atoms with van der Waals surface area (Å²) >= 11 is 0. The molecule has 1 saturated heterocycles. The van der Waals surface area contributed by atoms with Gasteiger partial charge in [0.05, 0.1) is 0 Å². The molecule has 0 N–H and O–H groups in total. The molecule has 0 unspecified atom stereocenters. The first kappa shape index (κ1) is 14.1. The fourth-order valence-corrected chi connectivity index (χ4v) is 2.48. The average molecular weight is 262 g/mol. The molecule has 0 spiro atoms. The van der Waals surface area contributed by atoms with E-state index in [9.17, 15) is 0 Å². The molecule has 4 heteroatoms. The summed E-state index contributed by atoms with van der Waals surface area (Å²) in [6, 6.07) is 2.09. The molecule has 1 aliphatic rings. The Morgan fingerprint density at radius 3 is 2.63 bits per heavy atom. The molecule has 2 rings (SSSR count). The summed E-state index contributed by atoms with van der Waals surface area (Å²) in [6.45, 7) is 7.54. The number of hydrogen-bond donors (Lipinski definition) is 0. The molecule has 0 aromatic carbocycles. The van der Waals surface area contributed by atoms with E-state index in [-0.39, 0.29) is 0 Å². The van der Waals surface area contributed by atoms with Crippen LogP contribution >= 0.6 is 0 Å². The highest BCUT2D eigenvalue weighted by molar-refractivity contribution is 5.45. The number of aryl methyl sites for hydroxylation is 1. The Morgan fingerprint density at radius 1 is 1.21 bits per heavy atom. The quantitative estimate of drug-likeness (QED) is 0.816. The summed E-state index contributed by atoms with van der Waals surface area (Å²) in [5.74, 6) is 1.97. The number of aromatic nitrogens is 2. The van der Waals surface area contributed by atoms with Gasteiger partial charge in [-0.15, -0.1) is 0 Å². The highest BCUT2D eigenvalue weighted by atomic mass is 15.3. The standard InChI is InChI=1S/C15H26N4/c1-4-5-9-18(3)14-12-13(2)16-15(17-14)19-10-7-6-8-11-19/h12H,4-11H2,1-3H3. The number of hydrogen-bond acceptors (Lipinski definition) is 4. The van der Waals surface area contributed by atoms with Gasteiger partial charge in [-0.1, -0.05) is 13.3 Å². The maximum Gasteiger partial charge on any atom is 0.227 e. The lowest BCUT2D eigenvalue weighted by Crippen LogP contribution is -2.32. The minimum atomic E-state index is 0.915. The third-order valence-electron chi connectivity index (χ3n) is 3.71. The molecule has 106 valence electrons. The fourth-order valence-electron chi connectivity index (χ4n) is 2.48. The Morgan fingerprint density at radius 2 is 1.95 bits per heavy atom. The molecule has 1 aliphatic heterocycles. The summed E-state index contributed by atoms with van der Waals surface area (Å²) in [5.41, 5.74) is 1.06. The second kappa shape index (κ2) is 6.73. The lowest BCUT2D eigenvalue weighted by Gasteiger charge is -2.28. The number of anilines is 2. The molecule has 1 aromatic heterocycles. The van der Waals surface area contributed by atoms with Crippen LogP contribution in [0, 0.1) is 6.92 Å². The van der Waals surface area contributed by atoms with E-state index >= 15 is 0 Å². The molecule has 0 saturated carbocycles. The molecule has 2 heterocycles. The van der Waals surface area contributed by atoms with Crippen LogP contribution in [0.5, 0.6) is 0 Å². The Bertz CT molecular complexity index is 399. The first-order chi connectivity index (χ1) is 9.20. The smallest absolute Gasteiger partial charge is 0.227 e. The zero-order valence-electron chi connectivity index (χ0n) is 12.5. The molecule has 19 heavy (non-hydrogen) atoms. The summed E-state index contributed by atoms with van der Waals surface area (Å²) in [6.07, 6.45) is 6.29. The average Bonchev–Trinajstić information content (AvgIpc) is 2.45. The van der Waals surface area contributed by atoms with E-state index in [1.54, 1.807) is 0 Å². The molecule has 4 nitrogen and oxygen atoms in total. The first-order valence-corrected chi connectivity index (χ1v) is 7.52. The SMILES string of the molecule is CCCCN(C)c1cc(C)nc(N2CCCCC2)n1. The second-order valence-electron chi connectivity index (χ2n) is 5.49. The Balaban J connectivity index is 2.13. The summed E-state index contributed by atoms with van der Waals surface area (Å²) < 4.78 is 0. The monoisotopic (exact) mass is 262 g/mol. The van der Waals surface area contributed by atoms with Crippen LogP contribution in [0.25, 0.3) is 0 Å².